The number of nitrogens with zero attached hydrogens (tertiary/aromatic N) is 2. The van der Waals surface area contributed by atoms with Crippen LogP contribution < -0.4 is 10.6 Å². The molecule has 1 aromatic carbocycles. The summed E-state index contributed by atoms with van der Waals surface area (Å²) in [6.07, 6.45) is 4.24. The number of benzene rings is 1. The number of carbonyl (C=O) groups is 2. The molecule has 0 fully saturated rings. The topological polar surface area (TPSA) is 104 Å². The molecule has 1 heterocycles. The average molecular weight is 258 g/mol. The van der Waals surface area contributed by atoms with E-state index in [1.54, 1.807) is 12.1 Å². The second-order valence-electron chi connectivity index (χ2n) is 3.59. The molecule has 7 nitrogen and oxygen atoms in total. The van der Waals surface area contributed by atoms with E-state index >= 15 is 0 Å². The number of hydrogen-bond donors (Lipinski definition) is 3. The zero-order chi connectivity index (χ0) is 13.7. The first-order valence-electron chi connectivity index (χ1n) is 5.31. The van der Waals surface area contributed by atoms with Crippen LogP contribution in [-0.2, 0) is 0 Å². The molecule has 3 N–H and O–H groups in total. The van der Waals surface area contributed by atoms with Crippen LogP contribution in [0.1, 0.15) is 10.4 Å². The van der Waals surface area contributed by atoms with E-state index in [2.05, 4.69) is 20.6 Å². The SMILES string of the molecule is O=C(Nc1cncnc1)Nc1cccc(C(=O)O)c1. The van der Waals surface area contributed by atoms with Gasteiger partial charge in [-0.1, -0.05) is 6.07 Å². The Morgan fingerprint density at radius 2 is 1.74 bits per heavy atom. The lowest BCUT2D eigenvalue weighted by molar-refractivity contribution is 0.0697. The molecule has 19 heavy (non-hydrogen) atoms. The van der Waals surface area contributed by atoms with Gasteiger partial charge < -0.3 is 15.7 Å². The predicted octanol–water partition coefficient (Wildman–Crippen LogP) is 1.82. The van der Waals surface area contributed by atoms with E-state index in [1.807, 2.05) is 0 Å². The minimum Gasteiger partial charge on any atom is -0.478 e. The molecule has 0 aliphatic carbocycles. The first kappa shape index (κ1) is 12.5. The van der Waals surface area contributed by atoms with Gasteiger partial charge >= 0.3 is 12.0 Å². The number of carboxylic acids is 1. The number of aromatic nitrogens is 2. The molecule has 0 unspecified atom stereocenters. The maximum Gasteiger partial charge on any atom is 0.335 e. The van der Waals surface area contributed by atoms with Gasteiger partial charge in [-0.15, -0.1) is 0 Å². The van der Waals surface area contributed by atoms with Gasteiger partial charge in [0.25, 0.3) is 0 Å². The van der Waals surface area contributed by atoms with Crippen molar-refractivity contribution in [1.82, 2.24) is 9.97 Å². The third-order valence-corrected chi connectivity index (χ3v) is 2.19. The standard InChI is InChI=1S/C12H10N4O3/c17-11(18)8-2-1-3-9(4-8)15-12(19)16-10-5-13-7-14-6-10/h1-7H,(H,17,18)(H2,15,16,19). The number of anilines is 2. The molecule has 0 saturated heterocycles. The molecule has 0 saturated carbocycles. The highest BCUT2D eigenvalue weighted by atomic mass is 16.4. The Hall–Kier alpha value is -2.96. The van der Waals surface area contributed by atoms with Crippen molar-refractivity contribution >= 4 is 23.4 Å². The molecule has 0 atom stereocenters. The molecule has 0 aliphatic rings. The number of hydrogen-bond acceptors (Lipinski definition) is 4. The zero-order valence-electron chi connectivity index (χ0n) is 9.70. The van der Waals surface area contributed by atoms with Gasteiger partial charge in [-0.3, -0.25) is 0 Å². The molecule has 0 bridgehead atoms. The zero-order valence-corrected chi connectivity index (χ0v) is 9.70. The number of amides is 2. The summed E-state index contributed by atoms with van der Waals surface area (Å²) in [6.45, 7) is 0. The summed E-state index contributed by atoms with van der Waals surface area (Å²) in [7, 11) is 0. The van der Waals surface area contributed by atoms with Gasteiger partial charge in [-0.25, -0.2) is 19.6 Å². The molecule has 0 spiro atoms. The van der Waals surface area contributed by atoms with Gasteiger partial charge in [-0.2, -0.15) is 0 Å². The van der Waals surface area contributed by atoms with E-state index in [-0.39, 0.29) is 5.56 Å². The maximum atomic E-state index is 11.6. The largest absolute Gasteiger partial charge is 0.478 e. The summed E-state index contributed by atoms with van der Waals surface area (Å²) >= 11 is 0. The van der Waals surface area contributed by atoms with Crippen LogP contribution in [0.3, 0.4) is 0 Å². The first-order chi connectivity index (χ1) is 9.15. The quantitative estimate of drug-likeness (QED) is 0.778. The van der Waals surface area contributed by atoms with E-state index in [9.17, 15) is 9.59 Å². The van der Waals surface area contributed by atoms with Crippen LogP contribution in [0.4, 0.5) is 16.2 Å². The van der Waals surface area contributed by atoms with E-state index < -0.39 is 12.0 Å². The summed E-state index contributed by atoms with van der Waals surface area (Å²) in [5.74, 6) is -1.06. The normalized spacial score (nSPS) is 9.68. The minimum atomic E-state index is -1.06. The van der Waals surface area contributed by atoms with Crippen molar-refractivity contribution in [2.75, 3.05) is 10.6 Å². The summed E-state index contributed by atoms with van der Waals surface area (Å²) in [5.41, 5.74) is 0.921. The lowest BCUT2D eigenvalue weighted by Gasteiger charge is -2.07. The third kappa shape index (κ3) is 3.50. The molecule has 2 rings (SSSR count). The molecule has 0 radical (unpaired) electrons. The molecular weight excluding hydrogens is 248 g/mol. The molecule has 2 aromatic rings. The van der Waals surface area contributed by atoms with Gasteiger partial charge in [0.1, 0.15) is 6.33 Å². The van der Waals surface area contributed by atoms with Crippen molar-refractivity contribution in [3.05, 3.63) is 48.5 Å². The molecule has 0 aliphatic heterocycles. The van der Waals surface area contributed by atoms with Crippen LogP contribution in [0.15, 0.2) is 43.0 Å². The summed E-state index contributed by atoms with van der Waals surface area (Å²) in [6, 6.07) is 5.44. The number of rotatable bonds is 3. The van der Waals surface area contributed by atoms with E-state index in [1.165, 1.54) is 30.9 Å². The predicted molar refractivity (Wildman–Crippen MR) is 68.1 cm³/mol. The Labute approximate surface area is 108 Å². The fourth-order valence-electron chi connectivity index (χ4n) is 1.39. The van der Waals surface area contributed by atoms with Crippen LogP contribution in [0.25, 0.3) is 0 Å². The van der Waals surface area contributed by atoms with E-state index in [4.69, 9.17) is 5.11 Å². The van der Waals surface area contributed by atoms with Crippen molar-refractivity contribution in [2.45, 2.75) is 0 Å². The number of carboxylic acid groups (broad SMARTS) is 1. The van der Waals surface area contributed by atoms with Gasteiger partial charge in [0.15, 0.2) is 0 Å². The molecule has 2 amide bonds. The Morgan fingerprint density at radius 3 is 2.42 bits per heavy atom. The molecule has 7 heteroatoms. The van der Waals surface area contributed by atoms with Crippen molar-refractivity contribution in [1.29, 1.82) is 0 Å². The number of urea groups is 1. The van der Waals surface area contributed by atoms with Crippen molar-refractivity contribution in [3.8, 4) is 0 Å². The minimum absolute atomic E-state index is 0.0980. The number of carbonyl (C=O) groups excluding carboxylic acids is 1. The van der Waals surface area contributed by atoms with Crippen LogP contribution in [0.2, 0.25) is 0 Å². The number of nitrogens with one attached hydrogen (secondary N) is 2. The van der Waals surface area contributed by atoms with Crippen LogP contribution >= 0.6 is 0 Å². The maximum absolute atomic E-state index is 11.6. The number of aromatic carboxylic acids is 1. The highest BCUT2D eigenvalue weighted by Gasteiger charge is 2.06. The van der Waals surface area contributed by atoms with Gasteiger partial charge in [0.2, 0.25) is 0 Å². The summed E-state index contributed by atoms with van der Waals surface area (Å²) in [4.78, 5) is 29.9. The Morgan fingerprint density at radius 1 is 1.05 bits per heavy atom. The van der Waals surface area contributed by atoms with Gasteiger partial charge in [0.05, 0.1) is 23.6 Å². The van der Waals surface area contributed by atoms with Crippen LogP contribution in [0.5, 0.6) is 0 Å². The molecular formula is C12H10N4O3. The highest BCUT2D eigenvalue weighted by Crippen LogP contribution is 2.11. The first-order valence-corrected chi connectivity index (χ1v) is 5.31. The Bertz CT molecular complexity index is 601. The van der Waals surface area contributed by atoms with E-state index in [0.717, 1.165) is 0 Å². The highest BCUT2D eigenvalue weighted by molar-refractivity contribution is 6.00. The van der Waals surface area contributed by atoms with Crippen LogP contribution in [0, 0.1) is 0 Å². The average Bonchev–Trinajstić information content (AvgIpc) is 2.40. The van der Waals surface area contributed by atoms with Crippen LogP contribution in [-0.4, -0.2) is 27.1 Å². The van der Waals surface area contributed by atoms with Gasteiger partial charge in [-0.05, 0) is 18.2 Å². The smallest absolute Gasteiger partial charge is 0.335 e. The van der Waals surface area contributed by atoms with Gasteiger partial charge in [0, 0.05) is 5.69 Å². The van der Waals surface area contributed by atoms with Crippen molar-refractivity contribution < 1.29 is 14.7 Å². The summed E-state index contributed by atoms with van der Waals surface area (Å²) in [5, 5.41) is 13.9. The fourth-order valence-corrected chi connectivity index (χ4v) is 1.39. The monoisotopic (exact) mass is 258 g/mol. The lowest BCUT2D eigenvalue weighted by atomic mass is 10.2. The van der Waals surface area contributed by atoms with Crippen molar-refractivity contribution in [2.24, 2.45) is 0 Å². The Kier molecular flexibility index (Phi) is 3.67. The molecule has 96 valence electrons. The molecule has 1 aromatic heterocycles. The second kappa shape index (κ2) is 5.58. The van der Waals surface area contributed by atoms with Crippen molar-refractivity contribution in [3.63, 3.8) is 0 Å². The van der Waals surface area contributed by atoms with E-state index in [0.29, 0.717) is 11.4 Å². The lowest BCUT2D eigenvalue weighted by Crippen LogP contribution is -2.19. The fraction of sp³-hybridized carbons (Fsp3) is 0. The third-order valence-electron chi connectivity index (χ3n) is 2.19. The summed E-state index contributed by atoms with van der Waals surface area (Å²) < 4.78 is 0. The second-order valence-corrected chi connectivity index (χ2v) is 3.59. The Balaban J connectivity index is 2.03.